The molecule has 0 aliphatic rings. The van der Waals surface area contributed by atoms with Crippen LogP contribution < -0.4 is 0 Å². The molecule has 0 aliphatic heterocycles. The topological polar surface area (TPSA) is 38.7 Å². The number of methoxy groups -OCH3 is 1. The predicted octanol–water partition coefficient (Wildman–Crippen LogP) is 1.32. The lowest BCUT2D eigenvalue weighted by atomic mass is 10.4. The van der Waals surface area contributed by atoms with E-state index in [-0.39, 0.29) is 5.88 Å². The SMILES string of the molecule is C=C(/N=C(C=O)\C=C/C)OC. The molecule has 0 fully saturated rings. The number of nitrogens with zero attached hydrogens (tertiary/aromatic N) is 1. The molecular formula is C8H11NO2. The first-order chi connectivity index (χ1) is 5.24. The van der Waals surface area contributed by atoms with Crippen molar-refractivity contribution in [2.75, 3.05) is 7.11 Å². The third-order valence-electron chi connectivity index (χ3n) is 0.948. The van der Waals surface area contributed by atoms with E-state index < -0.39 is 0 Å². The van der Waals surface area contributed by atoms with E-state index in [4.69, 9.17) is 0 Å². The molecule has 0 aromatic heterocycles. The maximum absolute atomic E-state index is 10.3. The van der Waals surface area contributed by atoms with Gasteiger partial charge in [0.2, 0.25) is 5.88 Å². The molecule has 0 bridgehead atoms. The zero-order chi connectivity index (χ0) is 8.69. The fourth-order valence-corrected chi connectivity index (χ4v) is 0.463. The fourth-order valence-electron chi connectivity index (χ4n) is 0.463. The number of hydrogen-bond acceptors (Lipinski definition) is 3. The van der Waals surface area contributed by atoms with Gasteiger partial charge in [-0.05, 0) is 19.6 Å². The van der Waals surface area contributed by atoms with Crippen molar-refractivity contribution >= 4 is 12.0 Å². The average Bonchev–Trinajstić information content (AvgIpc) is 2.03. The van der Waals surface area contributed by atoms with Gasteiger partial charge < -0.3 is 4.74 Å². The van der Waals surface area contributed by atoms with Crippen LogP contribution in [0, 0.1) is 0 Å². The summed E-state index contributed by atoms with van der Waals surface area (Å²) in [5.41, 5.74) is 0.305. The minimum Gasteiger partial charge on any atom is -0.481 e. The van der Waals surface area contributed by atoms with Gasteiger partial charge in [0.25, 0.3) is 0 Å². The van der Waals surface area contributed by atoms with Gasteiger partial charge in [-0.25, -0.2) is 4.99 Å². The summed E-state index contributed by atoms with van der Waals surface area (Å²) in [4.78, 5) is 14.0. The Hall–Kier alpha value is -1.38. The van der Waals surface area contributed by atoms with Crippen molar-refractivity contribution in [2.24, 2.45) is 4.99 Å². The molecule has 0 radical (unpaired) electrons. The van der Waals surface area contributed by atoms with E-state index >= 15 is 0 Å². The monoisotopic (exact) mass is 153 g/mol. The van der Waals surface area contributed by atoms with E-state index in [1.807, 2.05) is 0 Å². The van der Waals surface area contributed by atoms with Crippen molar-refractivity contribution in [1.29, 1.82) is 0 Å². The van der Waals surface area contributed by atoms with Crippen molar-refractivity contribution in [1.82, 2.24) is 0 Å². The number of ether oxygens (including phenoxy) is 1. The number of hydrogen-bond donors (Lipinski definition) is 0. The smallest absolute Gasteiger partial charge is 0.206 e. The molecule has 0 rings (SSSR count). The number of allylic oxidation sites excluding steroid dienone is 2. The Balaban J connectivity index is 4.34. The lowest BCUT2D eigenvalue weighted by Gasteiger charge is -1.95. The van der Waals surface area contributed by atoms with Gasteiger partial charge in [-0.1, -0.05) is 6.08 Å². The van der Waals surface area contributed by atoms with Crippen LogP contribution >= 0.6 is 0 Å². The standard InChI is InChI=1S/C8H11NO2/c1-4-5-8(6-10)9-7(2)11-3/h4-6H,2H2,1,3H3/b5-4-,9-8+. The summed E-state index contributed by atoms with van der Waals surface area (Å²) in [7, 11) is 1.45. The maximum atomic E-state index is 10.3. The first kappa shape index (κ1) is 9.62. The molecule has 0 heterocycles. The number of carbonyl (C=O) groups excluding carboxylic acids is 1. The van der Waals surface area contributed by atoms with Crippen molar-refractivity contribution in [3.05, 3.63) is 24.6 Å². The normalized spacial score (nSPS) is 11.6. The van der Waals surface area contributed by atoms with Crippen molar-refractivity contribution < 1.29 is 9.53 Å². The van der Waals surface area contributed by atoms with E-state index in [2.05, 4.69) is 16.3 Å². The molecule has 3 nitrogen and oxygen atoms in total. The first-order valence-corrected chi connectivity index (χ1v) is 3.14. The molecular weight excluding hydrogens is 142 g/mol. The molecule has 0 amide bonds. The molecule has 0 aromatic carbocycles. The zero-order valence-electron chi connectivity index (χ0n) is 6.70. The second kappa shape index (κ2) is 5.41. The molecule has 3 heteroatoms. The molecule has 0 spiro atoms. The second-order valence-corrected chi connectivity index (χ2v) is 1.75. The molecule has 0 aliphatic carbocycles. The number of aliphatic imine (C=N–C) groups is 1. The Labute approximate surface area is 66.1 Å². The highest BCUT2D eigenvalue weighted by Crippen LogP contribution is 1.93. The predicted molar refractivity (Wildman–Crippen MR) is 44.5 cm³/mol. The van der Waals surface area contributed by atoms with Crippen molar-refractivity contribution in [3.63, 3.8) is 0 Å². The molecule has 0 aromatic rings. The minimum absolute atomic E-state index is 0.227. The lowest BCUT2D eigenvalue weighted by molar-refractivity contribution is -0.102. The van der Waals surface area contributed by atoms with Gasteiger partial charge in [0.15, 0.2) is 6.29 Å². The highest BCUT2D eigenvalue weighted by Gasteiger charge is 1.91. The van der Waals surface area contributed by atoms with Crippen LogP contribution in [-0.2, 0) is 9.53 Å². The van der Waals surface area contributed by atoms with Crippen LogP contribution in [0.2, 0.25) is 0 Å². The molecule has 0 saturated carbocycles. The lowest BCUT2D eigenvalue weighted by Crippen LogP contribution is -1.95. The van der Waals surface area contributed by atoms with Gasteiger partial charge >= 0.3 is 0 Å². The van der Waals surface area contributed by atoms with Gasteiger partial charge in [-0.2, -0.15) is 0 Å². The Morgan fingerprint density at radius 1 is 1.64 bits per heavy atom. The quantitative estimate of drug-likeness (QED) is 0.347. The van der Waals surface area contributed by atoms with Crippen molar-refractivity contribution in [3.8, 4) is 0 Å². The van der Waals surface area contributed by atoms with E-state index in [0.717, 1.165) is 0 Å². The third-order valence-corrected chi connectivity index (χ3v) is 0.948. The van der Waals surface area contributed by atoms with Gasteiger partial charge in [0, 0.05) is 0 Å². The number of rotatable bonds is 4. The van der Waals surface area contributed by atoms with Crippen LogP contribution in [0.5, 0.6) is 0 Å². The Morgan fingerprint density at radius 2 is 2.27 bits per heavy atom. The largest absolute Gasteiger partial charge is 0.481 e. The highest BCUT2D eigenvalue weighted by molar-refractivity contribution is 6.33. The molecule has 0 saturated heterocycles. The second-order valence-electron chi connectivity index (χ2n) is 1.75. The third kappa shape index (κ3) is 4.08. The molecule has 0 unspecified atom stereocenters. The van der Waals surface area contributed by atoms with E-state index in [9.17, 15) is 4.79 Å². The van der Waals surface area contributed by atoms with Crippen LogP contribution in [0.1, 0.15) is 6.92 Å². The zero-order valence-corrected chi connectivity index (χ0v) is 6.70. The van der Waals surface area contributed by atoms with E-state index in [1.54, 1.807) is 19.1 Å². The Morgan fingerprint density at radius 3 is 2.64 bits per heavy atom. The molecule has 11 heavy (non-hydrogen) atoms. The Bertz CT molecular complexity index is 204. The summed E-state index contributed by atoms with van der Waals surface area (Å²) >= 11 is 0. The summed E-state index contributed by atoms with van der Waals surface area (Å²) < 4.78 is 4.65. The minimum atomic E-state index is 0.227. The van der Waals surface area contributed by atoms with E-state index in [0.29, 0.717) is 12.0 Å². The van der Waals surface area contributed by atoms with Gasteiger partial charge in [-0.3, -0.25) is 4.79 Å². The molecule has 0 N–H and O–H groups in total. The van der Waals surface area contributed by atoms with Crippen LogP contribution in [0.3, 0.4) is 0 Å². The number of aldehydes is 1. The van der Waals surface area contributed by atoms with Gasteiger partial charge in [0.05, 0.1) is 7.11 Å². The van der Waals surface area contributed by atoms with Crippen LogP contribution in [0.4, 0.5) is 0 Å². The fraction of sp³-hybridized carbons (Fsp3) is 0.250. The summed E-state index contributed by atoms with van der Waals surface area (Å²) in [6.45, 7) is 5.24. The van der Waals surface area contributed by atoms with Crippen LogP contribution in [0.25, 0.3) is 0 Å². The van der Waals surface area contributed by atoms with Crippen LogP contribution in [-0.4, -0.2) is 19.1 Å². The van der Waals surface area contributed by atoms with Gasteiger partial charge in [0.1, 0.15) is 5.71 Å². The van der Waals surface area contributed by atoms with Gasteiger partial charge in [-0.15, -0.1) is 0 Å². The highest BCUT2D eigenvalue weighted by atomic mass is 16.5. The Kier molecular flexibility index (Phi) is 4.73. The maximum Gasteiger partial charge on any atom is 0.206 e. The number of carbonyl (C=O) groups is 1. The summed E-state index contributed by atoms with van der Waals surface area (Å²) in [5.74, 6) is 0.227. The summed E-state index contributed by atoms with van der Waals surface area (Å²) in [5, 5.41) is 0. The average molecular weight is 153 g/mol. The summed E-state index contributed by atoms with van der Waals surface area (Å²) in [6, 6.07) is 0. The molecule has 0 atom stereocenters. The van der Waals surface area contributed by atoms with Crippen LogP contribution in [0.15, 0.2) is 29.6 Å². The van der Waals surface area contributed by atoms with Crippen molar-refractivity contribution in [2.45, 2.75) is 6.92 Å². The van der Waals surface area contributed by atoms with E-state index in [1.165, 1.54) is 7.11 Å². The first-order valence-electron chi connectivity index (χ1n) is 3.14. The summed E-state index contributed by atoms with van der Waals surface area (Å²) in [6.07, 6.45) is 3.94. The molecule has 60 valence electrons.